The van der Waals surface area contributed by atoms with Gasteiger partial charge in [-0.3, -0.25) is 52.4 Å². The monoisotopic (exact) mass is 6740 g/mol. The number of aromatic nitrogens is 16. The molecule has 1 amide bonds. The number of nitrogens with one attached hydrogen (secondary N) is 3. The normalized spacial score (nSPS) is 25.9. The number of carbonyl (C=O) groups is 1. The molecule has 8 aromatic heterocycles. The van der Waals surface area contributed by atoms with Crippen LogP contribution in [0.2, 0.25) is 0 Å². The number of alkyl halides is 3. The van der Waals surface area contributed by atoms with Crippen LogP contribution in [0.25, 0.3) is 49.5 Å². The molecule has 8 aromatic rings. The molecule has 12 rings (SSSR count). The Kier molecular flexibility index (Phi) is 75.3. The fourth-order valence-corrected chi connectivity index (χ4v) is 7640. The van der Waals surface area contributed by atoms with Crippen LogP contribution in [0.15, 0.2) is 47.3 Å². The molecule has 0 aliphatic carbocycles. The Balaban J connectivity index is 0.000000247. The van der Waals surface area contributed by atoms with Crippen LogP contribution in [-0.4, -0.2) is 185 Å². The number of H-pyrrole nitrogens is 2. The Morgan fingerprint density at radius 1 is 0.649 bits per heavy atom. The van der Waals surface area contributed by atoms with Crippen molar-refractivity contribution in [2.45, 2.75) is 96.8 Å². The van der Waals surface area contributed by atoms with Crippen molar-refractivity contribution in [1.82, 2.24) is 84.2 Å². The second-order valence-corrected chi connectivity index (χ2v) is 1010. The summed E-state index contributed by atoms with van der Waals surface area (Å²) in [6.45, 7) is 1.08. The van der Waals surface area contributed by atoms with E-state index < -0.39 is 273 Å². The van der Waals surface area contributed by atoms with Crippen molar-refractivity contribution in [3.8, 4) is 0 Å². The van der Waals surface area contributed by atoms with Crippen molar-refractivity contribution < 1.29 is 95.0 Å². The third kappa shape index (κ3) is 41.9. The first kappa shape index (κ1) is 144. The van der Waals surface area contributed by atoms with Gasteiger partial charge in [0.05, 0.1) is 52.4 Å². The van der Waals surface area contributed by atoms with Crippen LogP contribution >= 0.6 is 590 Å². The maximum Gasteiger partial charge on any atom is 0.387 e. The molecule has 12 atom stereocenters. The number of nitrogens with two attached hydrogens (primary N) is 1. The summed E-state index contributed by atoms with van der Waals surface area (Å²) in [5.41, 5.74) is 5.89. The Bertz CT molecular complexity index is 5600. The van der Waals surface area contributed by atoms with Gasteiger partial charge in [-0.25, -0.2) is 73.4 Å². The number of rotatable bonds is 27. The van der Waals surface area contributed by atoms with Crippen LogP contribution < -0.4 is 45.5 Å². The van der Waals surface area contributed by atoms with Crippen molar-refractivity contribution >= 4 is 679 Å². The molecule has 0 saturated carbocycles. The Morgan fingerprint density at radius 2 is 1.07 bits per heavy atom. The van der Waals surface area contributed by atoms with Gasteiger partial charge in [-0.15, -0.1) is 0 Å². The number of hydrogen-bond acceptors (Lipinski definition) is 28. The second kappa shape index (κ2) is 70.2. The fourth-order valence-electron chi connectivity index (χ4n) is 9.67. The van der Waals surface area contributed by atoms with E-state index in [-0.39, 0.29) is 115 Å². The zero-order valence-electron chi connectivity index (χ0n) is 62.8. The number of thiol groups is 1. The topological polar surface area (TPSA) is 466 Å². The molecule has 4 bridgehead atoms. The molecule has 4 aliphatic rings. The number of fused-ring (bicyclic) bond motifs is 12. The quantitative estimate of drug-likeness (QED) is 0.00478. The molecule has 4 unspecified atom stereocenters. The molecule has 37 nitrogen and oxygen atoms in total. The van der Waals surface area contributed by atoms with E-state index in [4.69, 9.17) is 74.3 Å². The standard InChI is InChI=1S/C25H32BFN10O9P2S.C18H22BFN9O8P2S.CH3I42.CH4.H3N/c1-13(2)22(38)34-25-33-21-18(23(39)35-25)31-12-37(21)24-19-17(27)15(45-24)9-43-47(26,41-6-4-28-3)42-7-5-36-16(10-44-48(40,49)46-19)32-14-8-29-11-30-20(14)36;19-38(31)33-2-1-28-10(25-8-3-22-6-23-14(8)28)5-35-39(32,40)37-13-11(20)9(4-34-38)36-17(13)29-7-24-12-15(29)26-18(21)27-16(12)30;1-23-25(4)27(6)29(8)31(10)33(12)35(14)37(16)39(18)41(20)43(22)42(21)40(19)38(17)36(15)34(13)32(11)30(9)28(7)26(5)24(2)3;;/h8,11-13,15,17,19,24H,4-7,9-10H2,1-2,26H3,(H,40,49)(H2,33,34,35,38,39);3,6-7,9,11,13,17H,1-2,4-5H2,19H3,(H,32,40)(H3,21,26,27,30);1H3;1H4;1H3/q;2*-1;;/p+1/t15-,17-,19-,24-,47?,48?;9-,11-,13-,17-,38?,39?;;;/m11.../s1. The van der Waals surface area contributed by atoms with Crippen molar-refractivity contribution in [3.63, 3.8) is 0 Å². The van der Waals surface area contributed by atoms with Gasteiger partial charge in [-0.2, -0.15) is 9.97 Å². The van der Waals surface area contributed by atoms with E-state index in [1.807, 2.05) is 0 Å². The number of anilines is 2. The van der Waals surface area contributed by atoms with Crippen LogP contribution in [0.3, 0.4) is 0 Å². The van der Waals surface area contributed by atoms with Gasteiger partial charge in [0.15, 0.2) is 65.0 Å². The number of nitrogens with zero attached hydrogens (tertiary/aromatic N) is 15. The number of ether oxygens (including phenoxy) is 2. The van der Waals surface area contributed by atoms with Gasteiger partial charge in [-0.05, 0) is 11.8 Å². The molecular formula is C45H65B2F2I42N20O17P4S2-. The van der Waals surface area contributed by atoms with Gasteiger partial charge in [-0.1, -0.05) is 33.5 Å². The van der Waals surface area contributed by atoms with Gasteiger partial charge in [0.2, 0.25) is 39.7 Å². The van der Waals surface area contributed by atoms with E-state index in [0.29, 0.717) is 51.2 Å². The summed E-state index contributed by atoms with van der Waals surface area (Å²) in [7, 11) is -18.3. The van der Waals surface area contributed by atoms with Crippen LogP contribution in [0, 0.1) is 12.5 Å². The van der Waals surface area contributed by atoms with E-state index in [0.717, 1.165) is 0 Å². The summed E-state index contributed by atoms with van der Waals surface area (Å²) in [4.78, 5) is 101. The summed E-state index contributed by atoms with van der Waals surface area (Å²) in [6.07, 6.45) is -4.40. The zero-order chi connectivity index (χ0) is 97.4. The average molecular weight is 6740 g/mol. The smallest absolute Gasteiger partial charge is 0.369 e. The summed E-state index contributed by atoms with van der Waals surface area (Å²) in [5.74, 6) is -0.609. The number of halogens is 44. The summed E-state index contributed by atoms with van der Waals surface area (Å²) in [6, 6.07) is 0. The molecule has 10 N–H and O–H groups in total. The SMILES string of the molecule is C.C[I-]I(I)I(I)I(I)I(I)I(I)I(I)I(I)I(I)I(I)I(I)I(I)I(I)I(I)I(I)I(I)I(I)I(I)I(I)I(I)I(I)I.[BH3-]P1(=O)OCCn2c(nc3cncnc32)COP(O)(=S)O[C@@H]2[C@H](F)[C@@H](CO1)O[C@H]2n1cnc2c(=O)[nH]c(N)nc21.[BH3-][P+]1(OCC[N+]#[C-])OCCn2c(nc3cncnc32)COP(=O)(S)O[C@@H]2[C@H](F)[C@@H](CO1)O[C@H]2n1cnc2c(=O)[nH]c(NC(=O)C(C)C)nc21.[NH4+]. The average Bonchev–Trinajstić information content (AvgIpc) is 1.61. The van der Waals surface area contributed by atoms with Gasteiger partial charge in [0.1, 0.15) is 93.7 Å². The summed E-state index contributed by atoms with van der Waals surface area (Å²) in [5, 5.41) is 2.52. The minimum Gasteiger partial charge on any atom is -0.369 e. The van der Waals surface area contributed by atoms with Gasteiger partial charge >= 0.3 is 584 Å². The predicted molar refractivity (Wildman–Crippen MR) is 914 cm³/mol. The van der Waals surface area contributed by atoms with Crippen LogP contribution in [0.4, 0.5) is 20.7 Å². The molecule has 4 aliphatic heterocycles. The fraction of sp³-hybridized carbons (Fsp3) is 0.511. The Labute approximate surface area is 1060 Å². The van der Waals surface area contributed by atoms with Gasteiger partial charge in [0.25, 0.3) is 11.1 Å². The molecule has 89 heteroatoms. The first-order chi connectivity index (χ1) is 62.0. The summed E-state index contributed by atoms with van der Waals surface area (Å²) >= 11 is 78.5. The molecule has 0 radical (unpaired) electrons. The third-order valence-corrected chi connectivity index (χ3v) is 3190. The number of carbonyl (C=O) groups excluding carboxylic acids is 1. The zero-order valence-corrected chi connectivity index (χ0v) is 159. The van der Waals surface area contributed by atoms with Crippen molar-refractivity contribution in [1.29, 1.82) is 0 Å². The van der Waals surface area contributed by atoms with Gasteiger partial charge < -0.3 is 58.4 Å². The molecular weight excluding hydrogens is 6670 g/mol. The first-order valence-electron chi connectivity index (χ1n) is 31.9. The van der Waals surface area contributed by atoms with Crippen LogP contribution in [-0.2, 0) is 102 Å². The number of quaternary nitrogens is 1. The van der Waals surface area contributed by atoms with E-state index >= 15 is 8.78 Å². The molecule has 794 valence electrons. The van der Waals surface area contributed by atoms with E-state index in [2.05, 4.69) is 478 Å². The minimum atomic E-state index is -4.35. The van der Waals surface area contributed by atoms with Crippen molar-refractivity contribution in [2.24, 2.45) is 5.92 Å². The van der Waals surface area contributed by atoms with Crippen LogP contribution in [0.1, 0.15) is 45.4 Å². The van der Waals surface area contributed by atoms with E-state index in [1.54, 1.807) is 23.0 Å². The minimum absolute atomic E-state index is 0. The van der Waals surface area contributed by atoms with Crippen molar-refractivity contribution in [3.05, 3.63) is 81.5 Å². The number of amides is 1. The number of aromatic amines is 2. The molecule has 134 heavy (non-hydrogen) atoms. The Morgan fingerprint density at radius 3 is 1.53 bits per heavy atom. The Hall–Kier alpha value is 24.6. The van der Waals surface area contributed by atoms with Crippen LogP contribution in [0.5, 0.6) is 0 Å². The maximum atomic E-state index is 16.4. The number of hydrogen-bond donors (Lipinski definition) is 7. The molecule has 2 fully saturated rings. The predicted octanol–water partition coefficient (Wildman–Crippen LogP) is 35.7. The summed E-state index contributed by atoms with van der Waals surface area (Å²) < 4.78 is 129. The maximum absolute atomic E-state index is 16.4. The molecule has 12 heterocycles. The molecule has 2 saturated heterocycles. The van der Waals surface area contributed by atoms with E-state index in [1.165, 1.54) is 46.8 Å². The van der Waals surface area contributed by atoms with Crippen molar-refractivity contribution in [2.75, 3.05) is 55.6 Å². The molecule has 0 aromatic carbocycles. The third-order valence-electron chi connectivity index (χ3n) is 14.7. The first-order valence-corrected chi connectivity index (χ1v) is 299. The number of imidazole rings is 4. The number of nitrogen functional groups attached to an aromatic ring is 1. The second-order valence-electron chi connectivity index (χ2n) is 22.4. The molecule has 0 spiro atoms. The van der Waals surface area contributed by atoms with Gasteiger partial charge in [0, 0.05) is 12.5 Å². The van der Waals surface area contributed by atoms with E-state index in [9.17, 15) is 28.4 Å². The largest absolute Gasteiger partial charge is 0.387 e.